The van der Waals surface area contributed by atoms with E-state index in [2.05, 4.69) is 10.5 Å². The van der Waals surface area contributed by atoms with Crippen LogP contribution in [0.25, 0.3) is 0 Å². The molecule has 1 heterocycles. The van der Waals surface area contributed by atoms with E-state index in [1.165, 1.54) is 30.5 Å². The van der Waals surface area contributed by atoms with Crippen molar-refractivity contribution in [3.63, 3.8) is 0 Å². The lowest BCUT2D eigenvalue weighted by atomic mass is 10.3. The first-order chi connectivity index (χ1) is 9.32. The zero-order chi connectivity index (χ0) is 14.8. The number of alkyl halides is 3. The van der Waals surface area contributed by atoms with Crippen LogP contribution in [0, 0.1) is 0 Å². The lowest BCUT2D eigenvalue weighted by Crippen LogP contribution is -2.24. The van der Waals surface area contributed by atoms with Crippen molar-refractivity contribution in [3.8, 4) is 0 Å². The van der Waals surface area contributed by atoms with E-state index in [4.69, 9.17) is 4.52 Å². The SMILES string of the molecule is O=S(=O)(c1ccccc1NCc1ccno1)C(F)(F)F. The highest BCUT2D eigenvalue weighted by Gasteiger charge is 2.47. The number of nitrogens with one attached hydrogen (secondary N) is 1. The number of rotatable bonds is 4. The van der Waals surface area contributed by atoms with E-state index in [9.17, 15) is 21.6 Å². The third-order valence-electron chi connectivity index (χ3n) is 2.43. The number of sulfone groups is 1. The number of nitrogens with zero attached hydrogens (tertiary/aromatic N) is 1. The van der Waals surface area contributed by atoms with E-state index in [0.29, 0.717) is 5.76 Å². The van der Waals surface area contributed by atoms with Crippen molar-refractivity contribution < 1.29 is 26.1 Å². The highest BCUT2D eigenvalue weighted by atomic mass is 32.2. The normalized spacial score (nSPS) is 12.3. The van der Waals surface area contributed by atoms with Gasteiger partial charge in [-0.05, 0) is 12.1 Å². The Hall–Kier alpha value is -2.03. The minimum atomic E-state index is -5.41. The van der Waals surface area contributed by atoms with Gasteiger partial charge in [0.25, 0.3) is 9.84 Å². The smallest absolute Gasteiger partial charge is 0.377 e. The molecule has 2 rings (SSSR count). The number of hydrogen-bond donors (Lipinski definition) is 1. The summed E-state index contributed by atoms with van der Waals surface area (Å²) < 4.78 is 65.3. The van der Waals surface area contributed by atoms with Crippen molar-refractivity contribution >= 4 is 15.5 Å². The Kier molecular flexibility index (Phi) is 3.71. The summed E-state index contributed by atoms with van der Waals surface area (Å²) >= 11 is 0. The van der Waals surface area contributed by atoms with Crippen LogP contribution in [-0.2, 0) is 16.4 Å². The van der Waals surface area contributed by atoms with Crippen molar-refractivity contribution in [1.82, 2.24) is 5.16 Å². The second kappa shape index (κ2) is 5.16. The van der Waals surface area contributed by atoms with E-state index >= 15 is 0 Å². The van der Waals surface area contributed by atoms with Crippen molar-refractivity contribution in [2.75, 3.05) is 5.32 Å². The highest BCUT2D eigenvalue weighted by molar-refractivity contribution is 7.92. The topological polar surface area (TPSA) is 72.2 Å². The molecule has 0 fully saturated rings. The van der Waals surface area contributed by atoms with E-state index in [1.807, 2.05) is 0 Å². The molecule has 1 N–H and O–H groups in total. The lowest BCUT2D eigenvalue weighted by molar-refractivity contribution is -0.0435. The predicted octanol–water partition coefficient (Wildman–Crippen LogP) is 2.58. The summed E-state index contributed by atoms with van der Waals surface area (Å²) in [7, 11) is -5.41. The fraction of sp³-hybridized carbons (Fsp3) is 0.182. The van der Waals surface area contributed by atoms with Crippen LogP contribution in [0.1, 0.15) is 5.76 Å². The Morgan fingerprint density at radius 1 is 1.20 bits per heavy atom. The zero-order valence-corrected chi connectivity index (χ0v) is 10.7. The molecule has 0 unspecified atom stereocenters. The van der Waals surface area contributed by atoms with Crippen molar-refractivity contribution in [1.29, 1.82) is 0 Å². The number of para-hydroxylation sites is 1. The predicted molar refractivity (Wildman–Crippen MR) is 63.5 cm³/mol. The van der Waals surface area contributed by atoms with E-state index in [-0.39, 0.29) is 12.2 Å². The molecule has 2 aromatic rings. The maximum atomic E-state index is 12.6. The average molecular weight is 306 g/mol. The van der Waals surface area contributed by atoms with Gasteiger partial charge in [-0.3, -0.25) is 0 Å². The highest BCUT2D eigenvalue weighted by Crippen LogP contribution is 2.34. The zero-order valence-electron chi connectivity index (χ0n) is 9.89. The van der Waals surface area contributed by atoms with Gasteiger partial charge in [0.1, 0.15) is 0 Å². The Morgan fingerprint density at radius 3 is 2.50 bits per heavy atom. The standard InChI is InChI=1S/C11H9F3N2O3S/c12-11(13,14)20(17,18)10-4-2-1-3-9(10)15-7-8-5-6-16-19-8/h1-6,15H,7H2. The second-order valence-electron chi connectivity index (χ2n) is 3.78. The van der Waals surface area contributed by atoms with Crippen LogP contribution in [0.15, 0.2) is 45.9 Å². The first kappa shape index (κ1) is 14.4. The van der Waals surface area contributed by atoms with Crippen LogP contribution < -0.4 is 5.32 Å². The molecule has 0 bridgehead atoms. The Morgan fingerprint density at radius 2 is 1.90 bits per heavy atom. The van der Waals surface area contributed by atoms with Crippen LogP contribution in [-0.4, -0.2) is 19.1 Å². The first-order valence-electron chi connectivity index (χ1n) is 5.36. The fourth-order valence-electron chi connectivity index (χ4n) is 1.49. The molecule has 0 amide bonds. The summed E-state index contributed by atoms with van der Waals surface area (Å²) in [5.41, 5.74) is -5.50. The molecular weight excluding hydrogens is 297 g/mol. The number of anilines is 1. The van der Waals surface area contributed by atoms with Gasteiger partial charge in [-0.1, -0.05) is 17.3 Å². The van der Waals surface area contributed by atoms with Crippen LogP contribution >= 0.6 is 0 Å². The summed E-state index contributed by atoms with van der Waals surface area (Å²) in [5, 5.41) is 6.01. The summed E-state index contributed by atoms with van der Waals surface area (Å²) in [6.45, 7) is 0.0182. The van der Waals surface area contributed by atoms with Gasteiger partial charge in [0.05, 0.1) is 23.3 Å². The molecule has 0 saturated heterocycles. The van der Waals surface area contributed by atoms with E-state index in [0.717, 1.165) is 6.07 Å². The molecule has 0 saturated carbocycles. The third-order valence-corrected chi connectivity index (χ3v) is 3.97. The van der Waals surface area contributed by atoms with Gasteiger partial charge < -0.3 is 9.84 Å². The number of halogens is 3. The number of aromatic nitrogens is 1. The van der Waals surface area contributed by atoms with Gasteiger partial charge >= 0.3 is 5.51 Å². The maximum absolute atomic E-state index is 12.6. The van der Waals surface area contributed by atoms with Crippen LogP contribution in [0.4, 0.5) is 18.9 Å². The average Bonchev–Trinajstić information content (AvgIpc) is 2.88. The largest absolute Gasteiger partial charge is 0.501 e. The molecule has 1 aromatic carbocycles. The molecule has 5 nitrogen and oxygen atoms in total. The van der Waals surface area contributed by atoms with Gasteiger partial charge in [-0.2, -0.15) is 13.2 Å². The molecule has 0 aliphatic heterocycles. The van der Waals surface area contributed by atoms with E-state index < -0.39 is 20.2 Å². The van der Waals surface area contributed by atoms with Crippen LogP contribution in [0.5, 0.6) is 0 Å². The van der Waals surface area contributed by atoms with Crippen molar-refractivity contribution in [2.45, 2.75) is 16.9 Å². The van der Waals surface area contributed by atoms with Gasteiger partial charge in [0.15, 0.2) is 5.76 Å². The summed E-state index contributed by atoms with van der Waals surface area (Å²) in [6, 6.07) is 6.30. The van der Waals surface area contributed by atoms with Gasteiger partial charge in [0.2, 0.25) is 0 Å². The Balaban J connectivity index is 2.32. The second-order valence-corrected chi connectivity index (χ2v) is 5.69. The summed E-state index contributed by atoms with van der Waals surface area (Å²) in [5.74, 6) is 0.365. The summed E-state index contributed by atoms with van der Waals surface area (Å²) in [4.78, 5) is -0.827. The number of hydrogen-bond acceptors (Lipinski definition) is 5. The molecule has 0 aliphatic carbocycles. The van der Waals surface area contributed by atoms with Crippen LogP contribution in [0.3, 0.4) is 0 Å². The molecular formula is C11H9F3N2O3S. The monoisotopic (exact) mass is 306 g/mol. The fourth-order valence-corrected chi connectivity index (χ4v) is 2.42. The van der Waals surface area contributed by atoms with Crippen LogP contribution in [0.2, 0.25) is 0 Å². The maximum Gasteiger partial charge on any atom is 0.501 e. The lowest BCUT2D eigenvalue weighted by Gasteiger charge is -2.13. The minimum Gasteiger partial charge on any atom is -0.377 e. The molecule has 0 aliphatic rings. The molecule has 1 aromatic heterocycles. The summed E-state index contributed by atoms with van der Waals surface area (Å²) in [6.07, 6.45) is 1.37. The molecule has 9 heteroatoms. The molecule has 108 valence electrons. The molecule has 0 spiro atoms. The van der Waals surface area contributed by atoms with Gasteiger partial charge in [-0.25, -0.2) is 8.42 Å². The minimum absolute atomic E-state index is 0.0182. The molecule has 0 atom stereocenters. The third kappa shape index (κ3) is 2.77. The molecule has 20 heavy (non-hydrogen) atoms. The quantitative estimate of drug-likeness (QED) is 0.940. The Bertz CT molecular complexity index is 681. The first-order valence-corrected chi connectivity index (χ1v) is 6.84. The van der Waals surface area contributed by atoms with Crippen molar-refractivity contribution in [3.05, 3.63) is 42.3 Å². The number of benzene rings is 1. The van der Waals surface area contributed by atoms with Crippen molar-refractivity contribution in [2.24, 2.45) is 0 Å². The van der Waals surface area contributed by atoms with E-state index in [1.54, 1.807) is 0 Å². The molecule has 0 radical (unpaired) electrons. The Labute approximate surface area is 112 Å². The van der Waals surface area contributed by atoms with Gasteiger partial charge in [-0.15, -0.1) is 0 Å². The van der Waals surface area contributed by atoms with Gasteiger partial charge in [0, 0.05) is 6.07 Å².